The highest BCUT2D eigenvalue weighted by Crippen LogP contribution is 2.31. The molecule has 0 spiro atoms. The third-order valence-electron chi connectivity index (χ3n) is 7.25. The van der Waals surface area contributed by atoms with Gasteiger partial charge in [-0.25, -0.2) is 4.68 Å². The van der Waals surface area contributed by atoms with Crippen molar-refractivity contribution >= 4 is 34.5 Å². The largest absolute Gasteiger partial charge is 0.494 e. The monoisotopic (exact) mass is 633 g/mol. The highest BCUT2D eigenvalue weighted by atomic mass is 32.1. The van der Waals surface area contributed by atoms with Crippen LogP contribution in [0.4, 0.5) is 0 Å². The van der Waals surface area contributed by atoms with Gasteiger partial charge in [-0.2, -0.15) is 14.6 Å². The van der Waals surface area contributed by atoms with Gasteiger partial charge >= 0.3 is 0 Å². The average molecular weight is 634 g/mol. The molecule has 46 heavy (non-hydrogen) atoms. The number of rotatable bonds is 12. The Morgan fingerprint density at radius 2 is 1.70 bits per heavy atom. The maximum absolute atomic E-state index is 13.5. The van der Waals surface area contributed by atoms with Gasteiger partial charge in [0, 0.05) is 17.3 Å². The van der Waals surface area contributed by atoms with E-state index in [0.29, 0.717) is 40.0 Å². The van der Waals surface area contributed by atoms with Gasteiger partial charge in [-0.3, -0.25) is 4.79 Å². The van der Waals surface area contributed by atoms with Crippen molar-refractivity contribution in [3.05, 3.63) is 110 Å². The number of hydrogen-bond acceptors (Lipinski definition) is 8. The Morgan fingerprint density at radius 1 is 0.891 bits per heavy atom. The van der Waals surface area contributed by atoms with Crippen LogP contribution >= 0.6 is 11.3 Å². The van der Waals surface area contributed by atoms with Gasteiger partial charge in [-0.1, -0.05) is 55.5 Å². The molecule has 3 aromatic carbocycles. The summed E-state index contributed by atoms with van der Waals surface area (Å²) in [5.74, 6) is 2.62. The van der Waals surface area contributed by atoms with Crippen molar-refractivity contribution in [2.75, 3.05) is 20.3 Å². The van der Waals surface area contributed by atoms with Gasteiger partial charge in [0.25, 0.3) is 5.56 Å². The van der Waals surface area contributed by atoms with Crippen molar-refractivity contribution in [1.82, 2.24) is 24.4 Å². The third kappa shape index (κ3) is 6.57. The first-order valence-corrected chi connectivity index (χ1v) is 16.1. The minimum atomic E-state index is -0.232. The predicted molar refractivity (Wildman–Crippen MR) is 183 cm³/mol. The third-order valence-corrected chi connectivity index (χ3v) is 8.21. The molecule has 0 amide bonds. The maximum atomic E-state index is 13.5. The van der Waals surface area contributed by atoms with Crippen LogP contribution in [0.2, 0.25) is 0 Å². The minimum absolute atomic E-state index is 0.232. The molecule has 9 nitrogen and oxygen atoms in total. The molecule has 3 aromatic heterocycles. The number of aromatic nitrogens is 5. The molecule has 0 aliphatic rings. The average Bonchev–Trinajstić information content (AvgIpc) is 3.76. The first kappa shape index (κ1) is 30.8. The molecule has 0 saturated heterocycles. The second-order valence-corrected chi connectivity index (χ2v) is 11.7. The van der Waals surface area contributed by atoms with Gasteiger partial charge in [0.05, 0.1) is 30.5 Å². The number of fused-ring (bicyclic) bond motifs is 1. The lowest BCUT2D eigenvalue weighted by Crippen LogP contribution is -2.23. The maximum Gasteiger partial charge on any atom is 0.291 e. The number of thiazole rings is 1. The number of benzene rings is 3. The van der Waals surface area contributed by atoms with Crippen LogP contribution in [0.15, 0.2) is 77.7 Å². The van der Waals surface area contributed by atoms with Gasteiger partial charge in [0.1, 0.15) is 11.4 Å². The molecular weight excluding hydrogens is 598 g/mol. The summed E-state index contributed by atoms with van der Waals surface area (Å²) in [7, 11) is 1.62. The Hall–Kier alpha value is -5.22. The lowest BCUT2D eigenvalue weighted by atomic mass is 10.0. The van der Waals surface area contributed by atoms with E-state index in [9.17, 15) is 4.79 Å². The fourth-order valence-corrected chi connectivity index (χ4v) is 5.88. The molecule has 0 N–H and O–H groups in total. The van der Waals surface area contributed by atoms with Crippen LogP contribution in [0.1, 0.15) is 49.2 Å². The van der Waals surface area contributed by atoms with Gasteiger partial charge in [-0.15, -0.1) is 5.10 Å². The van der Waals surface area contributed by atoms with Crippen LogP contribution < -0.4 is 24.3 Å². The molecule has 6 aromatic rings. The number of hydrogen-bond donors (Lipinski definition) is 0. The lowest BCUT2D eigenvalue weighted by molar-refractivity contribution is 0.294. The summed E-state index contributed by atoms with van der Waals surface area (Å²) in [4.78, 5) is 18.6. The summed E-state index contributed by atoms with van der Waals surface area (Å²) in [6.45, 7) is 7.47. The Balaban J connectivity index is 1.34. The van der Waals surface area contributed by atoms with Crippen molar-refractivity contribution < 1.29 is 14.2 Å². The molecule has 0 aliphatic carbocycles. The van der Waals surface area contributed by atoms with Crippen LogP contribution in [0.3, 0.4) is 0 Å². The molecule has 6 rings (SSSR count). The number of aryl methyl sites for hydroxylation is 1. The zero-order chi connectivity index (χ0) is 32.0. The zero-order valence-corrected chi connectivity index (χ0v) is 27.1. The Labute approximate surface area is 271 Å². The van der Waals surface area contributed by atoms with Gasteiger partial charge in [0.2, 0.25) is 4.96 Å². The van der Waals surface area contributed by atoms with E-state index in [2.05, 4.69) is 23.9 Å². The Bertz CT molecular complexity index is 2110. The SMILES string of the molecule is CCCOc1ccc(-c2nn(-c3ccccc3)cc2/C=c2\sc3nc(/C=C/c4ccc(OCCC)c(OC)c4)nn3c2=O)c(C)c1. The van der Waals surface area contributed by atoms with Crippen LogP contribution in [0.25, 0.3) is 40.1 Å². The summed E-state index contributed by atoms with van der Waals surface area (Å²) in [6, 6.07) is 21.6. The van der Waals surface area contributed by atoms with E-state index in [1.54, 1.807) is 13.2 Å². The second kappa shape index (κ2) is 13.8. The van der Waals surface area contributed by atoms with Crippen molar-refractivity contribution in [1.29, 1.82) is 0 Å². The second-order valence-electron chi connectivity index (χ2n) is 10.7. The number of para-hydroxylation sites is 1. The molecular formula is C36H35N5O4S. The normalized spacial score (nSPS) is 12.0. The zero-order valence-electron chi connectivity index (χ0n) is 26.3. The summed E-state index contributed by atoms with van der Waals surface area (Å²) in [5.41, 5.74) is 5.17. The van der Waals surface area contributed by atoms with Gasteiger partial charge < -0.3 is 14.2 Å². The first-order valence-electron chi connectivity index (χ1n) is 15.3. The highest BCUT2D eigenvalue weighted by molar-refractivity contribution is 7.15. The van der Waals surface area contributed by atoms with Gasteiger partial charge in [-0.05, 0) is 85.5 Å². The predicted octanol–water partition coefficient (Wildman–Crippen LogP) is 6.62. The van der Waals surface area contributed by atoms with Crippen molar-refractivity contribution in [2.24, 2.45) is 0 Å². The number of nitrogens with zero attached hydrogens (tertiary/aromatic N) is 5. The summed E-state index contributed by atoms with van der Waals surface area (Å²) < 4.78 is 20.8. The van der Waals surface area contributed by atoms with E-state index in [1.807, 2.05) is 96.7 Å². The number of methoxy groups -OCH3 is 1. The fourth-order valence-electron chi connectivity index (χ4n) is 4.98. The van der Waals surface area contributed by atoms with Crippen molar-refractivity contribution in [3.63, 3.8) is 0 Å². The fraction of sp³-hybridized carbons (Fsp3) is 0.222. The van der Waals surface area contributed by atoms with Crippen LogP contribution in [-0.2, 0) is 0 Å². The first-order chi connectivity index (χ1) is 22.5. The molecule has 0 fully saturated rings. The van der Waals surface area contributed by atoms with E-state index in [1.165, 1.54) is 15.9 Å². The lowest BCUT2D eigenvalue weighted by Gasteiger charge is -2.10. The molecule has 0 radical (unpaired) electrons. The molecule has 0 aliphatic heterocycles. The molecule has 0 bridgehead atoms. The summed E-state index contributed by atoms with van der Waals surface area (Å²) >= 11 is 1.30. The van der Waals surface area contributed by atoms with Crippen LogP contribution in [0.5, 0.6) is 17.2 Å². The quantitative estimate of drug-likeness (QED) is 0.150. The van der Waals surface area contributed by atoms with Crippen LogP contribution in [0, 0.1) is 6.92 Å². The molecule has 0 saturated carbocycles. The molecule has 234 valence electrons. The van der Waals surface area contributed by atoms with Crippen molar-refractivity contribution in [2.45, 2.75) is 33.6 Å². The van der Waals surface area contributed by atoms with Crippen LogP contribution in [-0.4, -0.2) is 44.7 Å². The molecule has 10 heteroatoms. The Morgan fingerprint density at radius 3 is 2.43 bits per heavy atom. The molecule has 3 heterocycles. The van der Waals surface area contributed by atoms with E-state index in [4.69, 9.17) is 19.3 Å². The smallest absolute Gasteiger partial charge is 0.291 e. The standard InChI is InChI=1S/C36H35N5O4S/c1-5-18-44-28-14-15-29(24(3)20-28)34-26(23-40(39-34)27-10-8-7-9-11-27)22-32-35(42)41-36(46-32)37-33(38-41)17-13-25-12-16-30(45-19-6-2)31(21-25)43-4/h7-17,20-23H,5-6,18-19H2,1-4H3/b17-13+,32-22-. The highest BCUT2D eigenvalue weighted by Gasteiger charge is 2.16. The topological polar surface area (TPSA) is 92.8 Å². The van der Waals surface area contributed by atoms with E-state index in [0.717, 1.165) is 52.2 Å². The summed E-state index contributed by atoms with van der Waals surface area (Å²) in [5, 5.41) is 9.43. The van der Waals surface area contributed by atoms with Gasteiger partial charge in [0.15, 0.2) is 17.3 Å². The van der Waals surface area contributed by atoms with E-state index < -0.39 is 0 Å². The summed E-state index contributed by atoms with van der Waals surface area (Å²) in [6.07, 6.45) is 9.33. The van der Waals surface area contributed by atoms with E-state index >= 15 is 0 Å². The molecule has 0 atom stereocenters. The van der Waals surface area contributed by atoms with E-state index in [-0.39, 0.29) is 5.56 Å². The van der Waals surface area contributed by atoms with Crippen molar-refractivity contribution in [3.8, 4) is 34.2 Å². The minimum Gasteiger partial charge on any atom is -0.494 e. The number of ether oxygens (including phenoxy) is 3. The molecule has 0 unspecified atom stereocenters. The Kier molecular flexibility index (Phi) is 9.25.